The smallest absolute Gasteiger partial charge is 0.418 e. The molecule has 26 heavy (non-hydrogen) atoms. The van der Waals surface area contributed by atoms with Crippen LogP contribution in [0.15, 0.2) is 24.3 Å². The number of carbonyl (C=O) groups is 2. The molecule has 1 aliphatic rings. The number of piperidine rings is 1. The molecule has 0 aliphatic carbocycles. The summed E-state index contributed by atoms with van der Waals surface area (Å²) in [6, 6.07) is 4.90. The molecule has 1 fully saturated rings. The number of rotatable bonds is 5. The number of alkyl halides is 3. The number of para-hydroxylation sites is 1. The average molecular weight is 373 g/mol. The Labute approximate surface area is 149 Å². The number of ether oxygens (including phenoxy) is 1. The number of hydrogen-bond donors (Lipinski definition) is 2. The van der Waals surface area contributed by atoms with Gasteiger partial charge in [-0.25, -0.2) is 4.79 Å². The summed E-state index contributed by atoms with van der Waals surface area (Å²) in [4.78, 5) is 25.2. The van der Waals surface area contributed by atoms with Crippen LogP contribution in [0.5, 0.6) is 0 Å². The van der Waals surface area contributed by atoms with Crippen LogP contribution in [-0.4, -0.2) is 49.2 Å². The second-order valence-electron chi connectivity index (χ2n) is 5.92. The van der Waals surface area contributed by atoms with Gasteiger partial charge in [0.2, 0.25) is 5.91 Å². The molecule has 1 heterocycles. The molecule has 2 N–H and O–H groups in total. The van der Waals surface area contributed by atoms with Gasteiger partial charge in [0, 0.05) is 24.8 Å². The maximum Gasteiger partial charge on any atom is 0.418 e. The van der Waals surface area contributed by atoms with E-state index in [2.05, 4.69) is 10.6 Å². The van der Waals surface area contributed by atoms with Crippen LogP contribution >= 0.6 is 0 Å². The Kier molecular flexibility index (Phi) is 6.70. The van der Waals surface area contributed by atoms with Gasteiger partial charge < -0.3 is 20.3 Å². The summed E-state index contributed by atoms with van der Waals surface area (Å²) >= 11 is 0. The number of nitrogens with one attached hydrogen (secondary N) is 2. The second-order valence-corrected chi connectivity index (χ2v) is 5.92. The molecule has 0 spiro atoms. The minimum atomic E-state index is -4.49. The van der Waals surface area contributed by atoms with E-state index in [0.29, 0.717) is 32.5 Å². The molecule has 2 amide bonds. The van der Waals surface area contributed by atoms with Crippen LogP contribution in [0.2, 0.25) is 0 Å². The first kappa shape index (κ1) is 19.9. The number of carbonyl (C=O) groups excluding carboxylic acids is 2. The van der Waals surface area contributed by atoms with Gasteiger partial charge in [0.25, 0.3) is 0 Å². The molecule has 1 aliphatic heterocycles. The van der Waals surface area contributed by atoms with E-state index >= 15 is 0 Å². The predicted octanol–water partition coefficient (Wildman–Crippen LogP) is 2.85. The van der Waals surface area contributed by atoms with Crippen molar-refractivity contribution in [1.29, 1.82) is 0 Å². The molecule has 2 rings (SSSR count). The molecule has 0 unspecified atom stereocenters. The van der Waals surface area contributed by atoms with Crippen molar-refractivity contribution in [2.45, 2.75) is 32.0 Å². The zero-order valence-electron chi connectivity index (χ0n) is 14.4. The van der Waals surface area contributed by atoms with Crippen LogP contribution in [0.25, 0.3) is 0 Å². The fraction of sp³-hybridized carbons (Fsp3) is 0.529. The lowest BCUT2D eigenvalue weighted by Gasteiger charge is -2.31. The molecule has 1 aromatic rings. The maximum atomic E-state index is 12.9. The van der Waals surface area contributed by atoms with Crippen molar-refractivity contribution in [3.05, 3.63) is 29.8 Å². The summed E-state index contributed by atoms with van der Waals surface area (Å²) in [7, 11) is 0. The summed E-state index contributed by atoms with van der Waals surface area (Å²) in [5, 5.41) is 5.31. The Bertz CT molecular complexity index is 629. The van der Waals surface area contributed by atoms with Crippen molar-refractivity contribution in [2.24, 2.45) is 0 Å². The van der Waals surface area contributed by atoms with Gasteiger partial charge in [-0.2, -0.15) is 13.2 Å². The summed E-state index contributed by atoms with van der Waals surface area (Å²) in [6.45, 7) is 2.71. The lowest BCUT2D eigenvalue weighted by molar-refractivity contribution is -0.137. The summed E-state index contributed by atoms with van der Waals surface area (Å²) < 4.78 is 43.7. The van der Waals surface area contributed by atoms with Crippen LogP contribution in [0.3, 0.4) is 0 Å². The van der Waals surface area contributed by atoms with Gasteiger partial charge in [-0.05, 0) is 31.9 Å². The molecule has 6 nitrogen and oxygen atoms in total. The van der Waals surface area contributed by atoms with Gasteiger partial charge >= 0.3 is 12.3 Å². The van der Waals surface area contributed by atoms with Gasteiger partial charge in [-0.3, -0.25) is 4.79 Å². The Morgan fingerprint density at radius 2 is 1.88 bits per heavy atom. The maximum absolute atomic E-state index is 12.9. The molecular formula is C17H22F3N3O3. The monoisotopic (exact) mass is 373 g/mol. The van der Waals surface area contributed by atoms with Crippen molar-refractivity contribution in [3.8, 4) is 0 Å². The van der Waals surface area contributed by atoms with Crippen LogP contribution in [0.1, 0.15) is 25.3 Å². The number of amides is 2. The number of benzene rings is 1. The number of likely N-dealkylation sites (tertiary alicyclic amines) is 1. The molecule has 1 saturated heterocycles. The zero-order chi connectivity index (χ0) is 19.2. The van der Waals surface area contributed by atoms with Gasteiger partial charge in [0.05, 0.1) is 18.7 Å². The molecule has 0 bridgehead atoms. The molecule has 0 saturated carbocycles. The number of halogens is 3. The highest BCUT2D eigenvalue weighted by molar-refractivity contribution is 5.81. The third-order valence-corrected chi connectivity index (χ3v) is 4.06. The third kappa shape index (κ3) is 5.53. The van der Waals surface area contributed by atoms with Crippen molar-refractivity contribution < 1.29 is 27.5 Å². The lowest BCUT2D eigenvalue weighted by Crippen LogP contribution is -2.47. The molecule has 9 heteroatoms. The summed E-state index contributed by atoms with van der Waals surface area (Å²) in [6.07, 6.45) is -3.71. The number of anilines is 1. The van der Waals surface area contributed by atoms with Crippen LogP contribution < -0.4 is 10.6 Å². The second kappa shape index (κ2) is 8.77. The molecule has 0 aromatic heterocycles. The van der Waals surface area contributed by atoms with Gasteiger partial charge in [-0.15, -0.1) is 0 Å². The predicted molar refractivity (Wildman–Crippen MR) is 89.7 cm³/mol. The van der Waals surface area contributed by atoms with Gasteiger partial charge in [0.1, 0.15) is 0 Å². The third-order valence-electron chi connectivity index (χ3n) is 4.06. The van der Waals surface area contributed by atoms with E-state index in [1.54, 1.807) is 11.8 Å². The molecule has 0 atom stereocenters. The number of hydrogen-bond acceptors (Lipinski definition) is 4. The van der Waals surface area contributed by atoms with Crippen molar-refractivity contribution in [2.75, 3.05) is 31.6 Å². The minimum Gasteiger partial charge on any atom is -0.450 e. The topological polar surface area (TPSA) is 70.7 Å². The molecule has 144 valence electrons. The molecule has 0 radical (unpaired) electrons. The highest BCUT2D eigenvalue weighted by Crippen LogP contribution is 2.34. The minimum absolute atomic E-state index is 0.118. The highest BCUT2D eigenvalue weighted by Gasteiger charge is 2.33. The Morgan fingerprint density at radius 3 is 2.50 bits per heavy atom. The Morgan fingerprint density at radius 1 is 1.23 bits per heavy atom. The van der Waals surface area contributed by atoms with E-state index in [1.807, 2.05) is 0 Å². The van der Waals surface area contributed by atoms with Crippen molar-refractivity contribution in [1.82, 2.24) is 10.2 Å². The van der Waals surface area contributed by atoms with Crippen molar-refractivity contribution >= 4 is 17.7 Å². The Hall–Kier alpha value is -2.45. The molecule has 1 aromatic carbocycles. The standard InChI is InChI=1S/C17H22F3N3O3/c1-2-26-16(25)23-9-7-12(8-10-23)22-15(24)11-21-14-6-4-3-5-13(14)17(18,19)20/h3-6,12,21H,2,7-11H2,1H3,(H,22,24). The summed E-state index contributed by atoms with van der Waals surface area (Å²) in [5.74, 6) is -0.392. The van der Waals surface area contributed by atoms with E-state index in [9.17, 15) is 22.8 Å². The van der Waals surface area contributed by atoms with Gasteiger partial charge in [-0.1, -0.05) is 12.1 Å². The fourth-order valence-corrected chi connectivity index (χ4v) is 2.76. The quantitative estimate of drug-likeness (QED) is 0.833. The van der Waals surface area contributed by atoms with E-state index in [1.165, 1.54) is 18.2 Å². The first-order valence-corrected chi connectivity index (χ1v) is 8.42. The normalized spacial score (nSPS) is 15.5. The number of nitrogens with zero attached hydrogens (tertiary/aromatic N) is 1. The Balaban J connectivity index is 1.80. The first-order valence-electron chi connectivity index (χ1n) is 8.42. The van der Waals surface area contributed by atoms with Crippen molar-refractivity contribution in [3.63, 3.8) is 0 Å². The van der Waals surface area contributed by atoms with Crippen LogP contribution in [0, 0.1) is 0 Å². The van der Waals surface area contributed by atoms with Crippen LogP contribution in [-0.2, 0) is 15.7 Å². The van der Waals surface area contributed by atoms with E-state index in [4.69, 9.17) is 4.74 Å². The fourth-order valence-electron chi connectivity index (χ4n) is 2.76. The van der Waals surface area contributed by atoms with Crippen LogP contribution in [0.4, 0.5) is 23.7 Å². The molecular weight excluding hydrogens is 351 g/mol. The first-order chi connectivity index (χ1) is 12.3. The summed E-state index contributed by atoms with van der Waals surface area (Å²) in [5.41, 5.74) is -0.942. The zero-order valence-corrected chi connectivity index (χ0v) is 14.4. The SMILES string of the molecule is CCOC(=O)N1CCC(NC(=O)CNc2ccccc2C(F)(F)F)CC1. The van der Waals surface area contributed by atoms with E-state index in [-0.39, 0.29) is 24.4 Å². The lowest BCUT2D eigenvalue weighted by atomic mass is 10.1. The largest absolute Gasteiger partial charge is 0.450 e. The van der Waals surface area contributed by atoms with Gasteiger partial charge in [0.15, 0.2) is 0 Å². The van der Waals surface area contributed by atoms with E-state index < -0.39 is 17.6 Å². The van der Waals surface area contributed by atoms with E-state index in [0.717, 1.165) is 6.07 Å². The average Bonchev–Trinajstić information content (AvgIpc) is 2.60. The highest BCUT2D eigenvalue weighted by atomic mass is 19.4.